The Kier molecular flexibility index (Phi) is 9.74. The van der Waals surface area contributed by atoms with E-state index in [-0.39, 0.29) is 5.75 Å². The van der Waals surface area contributed by atoms with Crippen LogP contribution in [0.3, 0.4) is 0 Å². The Morgan fingerprint density at radius 3 is 2.09 bits per heavy atom. The molecule has 0 saturated heterocycles. The predicted molar refractivity (Wildman–Crippen MR) is 140 cm³/mol. The molecule has 0 unspecified atom stereocenters. The van der Waals surface area contributed by atoms with E-state index in [0.29, 0.717) is 6.54 Å². The average molecular weight is 473 g/mol. The number of benzene rings is 3. The van der Waals surface area contributed by atoms with Gasteiger partial charge in [-0.3, -0.25) is 0 Å². The molecule has 0 aliphatic heterocycles. The molecule has 0 aliphatic rings. The number of hydrogen-bond acceptors (Lipinski definition) is 3. The molecule has 3 aromatic carbocycles. The zero-order valence-corrected chi connectivity index (χ0v) is 20.5. The third-order valence-electron chi connectivity index (χ3n) is 5.81. The van der Waals surface area contributed by atoms with E-state index >= 15 is 0 Å². The van der Waals surface area contributed by atoms with Crippen LogP contribution in [0, 0.1) is 17.7 Å². The van der Waals surface area contributed by atoms with Crippen molar-refractivity contribution in [1.29, 1.82) is 0 Å². The van der Waals surface area contributed by atoms with Crippen LogP contribution in [0.5, 0.6) is 5.75 Å². The molecule has 5 heteroatoms. The van der Waals surface area contributed by atoms with Gasteiger partial charge in [0.15, 0.2) is 11.6 Å². The molecule has 182 valence electrons. The Labute approximate surface area is 207 Å². The summed E-state index contributed by atoms with van der Waals surface area (Å²) in [6.45, 7) is 5.76. The lowest BCUT2D eigenvalue weighted by Crippen LogP contribution is -2.24. The lowest BCUT2D eigenvalue weighted by molar-refractivity contribution is 0.208. The van der Waals surface area contributed by atoms with Gasteiger partial charge in [0, 0.05) is 36.0 Å². The normalized spacial score (nSPS) is 10.4. The maximum absolute atomic E-state index is 14.1. The second-order valence-corrected chi connectivity index (χ2v) is 8.52. The summed E-state index contributed by atoms with van der Waals surface area (Å²) in [5.41, 5.74) is 10.2. The van der Waals surface area contributed by atoms with Crippen molar-refractivity contribution in [3.8, 4) is 17.6 Å². The molecule has 0 spiro atoms. The van der Waals surface area contributed by atoms with E-state index in [1.165, 1.54) is 24.1 Å². The van der Waals surface area contributed by atoms with Gasteiger partial charge in [0.05, 0.1) is 0 Å². The van der Waals surface area contributed by atoms with Crippen LogP contribution in [0.25, 0.3) is 0 Å². The van der Waals surface area contributed by atoms with Gasteiger partial charge < -0.3 is 15.4 Å². The lowest BCUT2D eigenvalue weighted by Gasteiger charge is -2.25. The van der Waals surface area contributed by atoms with Gasteiger partial charge in [0.25, 0.3) is 0 Å². The zero-order chi connectivity index (χ0) is 25.0. The highest BCUT2D eigenvalue weighted by atomic mass is 19.1. The van der Waals surface area contributed by atoms with Crippen molar-refractivity contribution >= 4 is 11.8 Å². The first-order chi connectivity index (χ1) is 17.0. The van der Waals surface area contributed by atoms with Crippen molar-refractivity contribution in [3.63, 3.8) is 0 Å². The monoisotopic (exact) mass is 472 g/mol. The number of ether oxygens (including phenoxy) is 1. The van der Waals surface area contributed by atoms with Crippen LogP contribution in [0.1, 0.15) is 61.8 Å². The molecular weight excluding hydrogens is 439 g/mol. The Balaban J connectivity index is 1.74. The van der Waals surface area contributed by atoms with Crippen molar-refractivity contribution in [1.82, 2.24) is 0 Å². The van der Waals surface area contributed by atoms with Crippen LogP contribution in [0.15, 0.2) is 66.7 Å². The summed E-state index contributed by atoms with van der Waals surface area (Å²) in [7, 11) is 0. The summed E-state index contributed by atoms with van der Waals surface area (Å²) in [5, 5.41) is 0. The minimum absolute atomic E-state index is 0.161. The van der Waals surface area contributed by atoms with E-state index < -0.39 is 11.9 Å². The Hall–Kier alpha value is -3.78. The highest BCUT2D eigenvalue weighted by Crippen LogP contribution is 2.26. The highest BCUT2D eigenvalue weighted by molar-refractivity contribution is 5.69. The Morgan fingerprint density at radius 1 is 0.886 bits per heavy atom. The van der Waals surface area contributed by atoms with Gasteiger partial charge in [0.2, 0.25) is 0 Å². The number of unbranched alkanes of at least 4 members (excludes halogenated alkanes) is 3. The van der Waals surface area contributed by atoms with Crippen LogP contribution in [0.2, 0.25) is 0 Å². The molecule has 0 heterocycles. The number of primary amides is 1. The SMILES string of the molecule is CCCCCCN(Cc1ccc(C#Cc2ccc(CC)cc2)cc1)c1ccc(F)c(OC(N)=O)c1. The molecular formula is C30H33FN2O2. The van der Waals surface area contributed by atoms with Crippen LogP contribution < -0.4 is 15.4 Å². The minimum atomic E-state index is -1.03. The van der Waals surface area contributed by atoms with Crippen LogP contribution in [0.4, 0.5) is 14.9 Å². The maximum Gasteiger partial charge on any atom is 0.410 e. The summed E-state index contributed by atoms with van der Waals surface area (Å²) in [6.07, 6.45) is 4.43. The number of rotatable bonds is 10. The number of carbonyl (C=O) groups is 1. The molecule has 0 fully saturated rings. The van der Waals surface area contributed by atoms with E-state index in [1.54, 1.807) is 6.07 Å². The molecule has 2 N–H and O–H groups in total. The topological polar surface area (TPSA) is 55.6 Å². The zero-order valence-electron chi connectivity index (χ0n) is 20.5. The van der Waals surface area contributed by atoms with Gasteiger partial charge in [0.1, 0.15) is 0 Å². The van der Waals surface area contributed by atoms with Crippen molar-refractivity contribution in [2.45, 2.75) is 52.5 Å². The first kappa shape index (κ1) is 25.8. The molecule has 0 atom stereocenters. The van der Waals surface area contributed by atoms with E-state index in [9.17, 15) is 9.18 Å². The summed E-state index contributed by atoms with van der Waals surface area (Å²) in [5.74, 6) is 5.66. The highest BCUT2D eigenvalue weighted by Gasteiger charge is 2.13. The predicted octanol–water partition coefficient (Wildman–Crippen LogP) is 6.83. The number of carbonyl (C=O) groups excluding carboxylic acids is 1. The molecule has 1 amide bonds. The molecule has 0 bridgehead atoms. The molecule has 3 aromatic rings. The van der Waals surface area contributed by atoms with E-state index in [2.05, 4.69) is 67.0 Å². The molecule has 0 radical (unpaired) electrons. The molecule has 4 nitrogen and oxygen atoms in total. The standard InChI is InChI=1S/C30H33FN2O2/c1-3-5-6-7-20-33(27-18-19-28(31)29(21-27)35-30(32)34)22-26-16-14-25(15-17-26)13-12-24-10-8-23(4-2)9-11-24/h8-11,14-19,21H,3-7,20,22H2,1-2H3,(H2,32,34). The second kappa shape index (κ2) is 13.2. The second-order valence-electron chi connectivity index (χ2n) is 8.52. The number of amides is 1. The van der Waals surface area contributed by atoms with E-state index in [0.717, 1.165) is 54.6 Å². The van der Waals surface area contributed by atoms with Gasteiger partial charge >= 0.3 is 6.09 Å². The van der Waals surface area contributed by atoms with Crippen LogP contribution in [-0.2, 0) is 13.0 Å². The van der Waals surface area contributed by atoms with Crippen molar-refractivity contribution in [2.75, 3.05) is 11.4 Å². The Morgan fingerprint density at radius 2 is 1.51 bits per heavy atom. The maximum atomic E-state index is 14.1. The molecule has 3 rings (SSSR count). The van der Waals surface area contributed by atoms with Crippen LogP contribution in [-0.4, -0.2) is 12.6 Å². The molecule has 0 saturated carbocycles. The fourth-order valence-corrected chi connectivity index (χ4v) is 3.79. The summed E-state index contributed by atoms with van der Waals surface area (Å²) >= 11 is 0. The van der Waals surface area contributed by atoms with Crippen molar-refractivity contribution in [2.24, 2.45) is 5.73 Å². The number of nitrogens with two attached hydrogens (primary N) is 1. The number of halogens is 1. The molecule has 0 aromatic heterocycles. The van der Waals surface area contributed by atoms with Gasteiger partial charge in [-0.1, -0.05) is 69.2 Å². The number of nitrogens with zero attached hydrogens (tertiary/aromatic N) is 1. The van der Waals surface area contributed by atoms with E-state index in [1.807, 2.05) is 12.1 Å². The smallest absolute Gasteiger partial charge is 0.407 e. The largest absolute Gasteiger partial charge is 0.410 e. The third-order valence-corrected chi connectivity index (χ3v) is 5.81. The third kappa shape index (κ3) is 8.19. The molecule has 0 aliphatic carbocycles. The summed E-state index contributed by atoms with van der Waals surface area (Å²) < 4.78 is 18.9. The minimum Gasteiger partial charge on any atom is -0.407 e. The lowest BCUT2D eigenvalue weighted by atomic mass is 10.1. The first-order valence-electron chi connectivity index (χ1n) is 12.2. The molecule has 35 heavy (non-hydrogen) atoms. The number of hydrogen-bond donors (Lipinski definition) is 1. The van der Waals surface area contributed by atoms with Gasteiger partial charge in [-0.25, -0.2) is 9.18 Å². The Bertz CT molecular complexity index is 1160. The quantitative estimate of drug-likeness (QED) is 0.260. The fourth-order valence-electron chi connectivity index (χ4n) is 3.79. The summed E-state index contributed by atoms with van der Waals surface area (Å²) in [6, 6.07) is 21.0. The average Bonchev–Trinajstić information content (AvgIpc) is 2.87. The first-order valence-corrected chi connectivity index (χ1v) is 12.2. The number of anilines is 1. The van der Waals surface area contributed by atoms with Gasteiger partial charge in [-0.2, -0.15) is 0 Å². The van der Waals surface area contributed by atoms with Crippen molar-refractivity contribution < 1.29 is 13.9 Å². The van der Waals surface area contributed by atoms with Crippen molar-refractivity contribution in [3.05, 3.63) is 94.8 Å². The number of aryl methyl sites for hydroxylation is 1. The van der Waals surface area contributed by atoms with Gasteiger partial charge in [-0.05, 0) is 60.4 Å². The van der Waals surface area contributed by atoms with E-state index in [4.69, 9.17) is 10.5 Å². The van der Waals surface area contributed by atoms with Crippen LogP contribution >= 0.6 is 0 Å². The summed E-state index contributed by atoms with van der Waals surface area (Å²) in [4.78, 5) is 13.3. The van der Waals surface area contributed by atoms with Gasteiger partial charge in [-0.15, -0.1) is 0 Å². The fraction of sp³-hybridized carbons (Fsp3) is 0.300.